The van der Waals surface area contributed by atoms with Crippen LogP contribution < -0.4 is 0 Å². The summed E-state index contributed by atoms with van der Waals surface area (Å²) in [4.78, 5) is 4.08. The summed E-state index contributed by atoms with van der Waals surface area (Å²) in [6.45, 7) is 0.686. The maximum absolute atomic E-state index is 12.6. The minimum Gasteiger partial charge on any atom is -0.508 e. The minimum absolute atomic E-state index is 0.150. The summed E-state index contributed by atoms with van der Waals surface area (Å²) in [6, 6.07) is 6.63. The Labute approximate surface area is 131 Å². The van der Waals surface area contributed by atoms with Gasteiger partial charge in [0, 0.05) is 30.0 Å². The first kappa shape index (κ1) is 14.5. The topological polar surface area (TPSA) is 70.5 Å². The quantitative estimate of drug-likeness (QED) is 0.882. The van der Waals surface area contributed by atoms with E-state index in [0.29, 0.717) is 17.4 Å². The van der Waals surface area contributed by atoms with Crippen LogP contribution in [0, 0.1) is 0 Å². The van der Waals surface area contributed by atoms with Gasteiger partial charge < -0.3 is 5.11 Å². The third-order valence-electron chi connectivity index (χ3n) is 3.48. The summed E-state index contributed by atoms with van der Waals surface area (Å²) in [6.07, 6.45) is 3.52. The van der Waals surface area contributed by atoms with E-state index in [4.69, 9.17) is 0 Å². The molecule has 110 valence electrons. The highest BCUT2D eigenvalue weighted by Crippen LogP contribution is 2.27. The van der Waals surface area contributed by atoms with Gasteiger partial charge in [-0.25, -0.2) is 8.42 Å². The first-order chi connectivity index (χ1) is 9.96. The Bertz CT molecular complexity index is 793. The van der Waals surface area contributed by atoms with E-state index in [1.54, 1.807) is 24.4 Å². The van der Waals surface area contributed by atoms with Crippen molar-refractivity contribution < 1.29 is 13.5 Å². The largest absolute Gasteiger partial charge is 0.508 e. The molecule has 0 spiro atoms. The van der Waals surface area contributed by atoms with E-state index in [9.17, 15) is 13.5 Å². The highest BCUT2D eigenvalue weighted by atomic mass is 79.9. The molecule has 1 aliphatic heterocycles. The highest BCUT2D eigenvalue weighted by Gasteiger charge is 2.28. The second-order valence-electron chi connectivity index (χ2n) is 4.88. The van der Waals surface area contributed by atoms with Crippen molar-refractivity contribution in [2.75, 3.05) is 6.54 Å². The molecule has 0 unspecified atom stereocenters. The fraction of sp³-hybridized carbons (Fsp3) is 0.214. The van der Waals surface area contributed by atoms with Gasteiger partial charge in [0.05, 0.1) is 0 Å². The second kappa shape index (κ2) is 5.40. The normalized spacial score (nSPS) is 15.7. The average molecular weight is 369 g/mol. The van der Waals surface area contributed by atoms with Crippen molar-refractivity contribution in [3.05, 3.63) is 52.3 Å². The molecule has 2 aromatic rings. The standard InChI is InChI=1S/C14H13BrN2O3S/c15-12-6-14(8-16-7-12)21(19,20)17-4-3-10-1-2-13(18)5-11(10)9-17/h1-2,5-8,18H,3-4,9H2. The summed E-state index contributed by atoms with van der Waals surface area (Å²) in [5, 5.41) is 9.55. The minimum atomic E-state index is -3.58. The Kier molecular flexibility index (Phi) is 3.73. The zero-order valence-electron chi connectivity index (χ0n) is 11.0. The van der Waals surface area contributed by atoms with Gasteiger partial charge in [-0.15, -0.1) is 0 Å². The molecule has 0 saturated heterocycles. The van der Waals surface area contributed by atoms with Crippen LogP contribution in [-0.4, -0.2) is 29.4 Å². The maximum Gasteiger partial charge on any atom is 0.244 e. The molecule has 0 amide bonds. The predicted octanol–water partition coefficient (Wildman–Crippen LogP) is 2.30. The van der Waals surface area contributed by atoms with Gasteiger partial charge in [0.15, 0.2) is 0 Å². The van der Waals surface area contributed by atoms with E-state index >= 15 is 0 Å². The molecule has 0 bridgehead atoms. The molecule has 0 atom stereocenters. The molecule has 3 rings (SSSR count). The lowest BCUT2D eigenvalue weighted by Gasteiger charge is -2.28. The molecule has 1 aromatic carbocycles. The number of benzene rings is 1. The summed E-state index contributed by atoms with van der Waals surface area (Å²) < 4.78 is 27.3. The van der Waals surface area contributed by atoms with Crippen molar-refractivity contribution in [3.63, 3.8) is 0 Å². The Morgan fingerprint density at radius 1 is 1.19 bits per heavy atom. The van der Waals surface area contributed by atoms with Crippen LogP contribution in [0.4, 0.5) is 0 Å². The third kappa shape index (κ3) is 2.81. The molecule has 0 saturated carbocycles. The zero-order valence-corrected chi connectivity index (χ0v) is 13.4. The van der Waals surface area contributed by atoms with Crippen molar-refractivity contribution >= 4 is 26.0 Å². The Morgan fingerprint density at radius 3 is 2.76 bits per heavy atom. The smallest absolute Gasteiger partial charge is 0.244 e. The monoisotopic (exact) mass is 368 g/mol. The first-order valence-electron chi connectivity index (χ1n) is 6.38. The van der Waals surface area contributed by atoms with Crippen LogP contribution in [0.25, 0.3) is 0 Å². The SMILES string of the molecule is O=S(=O)(c1cncc(Br)c1)N1CCc2ccc(O)cc2C1. The Hall–Kier alpha value is -1.44. The maximum atomic E-state index is 12.6. The molecular formula is C14H13BrN2O3S. The van der Waals surface area contributed by atoms with E-state index in [0.717, 1.165) is 11.1 Å². The average Bonchev–Trinajstić information content (AvgIpc) is 2.46. The number of phenolic OH excluding ortho intramolecular Hbond substituents is 1. The van der Waals surface area contributed by atoms with Crippen LogP contribution in [0.1, 0.15) is 11.1 Å². The summed E-state index contributed by atoms with van der Waals surface area (Å²) in [7, 11) is -3.58. The zero-order chi connectivity index (χ0) is 15.0. The number of hydrogen-bond donors (Lipinski definition) is 1. The predicted molar refractivity (Wildman–Crippen MR) is 81.3 cm³/mol. The van der Waals surface area contributed by atoms with E-state index in [1.807, 2.05) is 6.07 Å². The van der Waals surface area contributed by atoms with Gasteiger partial charge in [-0.1, -0.05) is 6.07 Å². The highest BCUT2D eigenvalue weighted by molar-refractivity contribution is 9.10. The van der Waals surface area contributed by atoms with Gasteiger partial charge in [-0.2, -0.15) is 4.31 Å². The van der Waals surface area contributed by atoms with Crippen LogP contribution in [0.3, 0.4) is 0 Å². The van der Waals surface area contributed by atoms with Crippen LogP contribution in [0.15, 0.2) is 46.0 Å². The van der Waals surface area contributed by atoms with Crippen LogP contribution >= 0.6 is 15.9 Å². The number of aromatic hydroxyl groups is 1. The van der Waals surface area contributed by atoms with Crippen molar-refractivity contribution in [2.45, 2.75) is 17.9 Å². The van der Waals surface area contributed by atoms with Crippen LogP contribution in [0.5, 0.6) is 5.75 Å². The molecule has 2 heterocycles. The molecule has 7 heteroatoms. The molecule has 5 nitrogen and oxygen atoms in total. The molecule has 1 aliphatic rings. The number of rotatable bonds is 2. The number of phenols is 1. The molecule has 0 aliphatic carbocycles. The third-order valence-corrected chi connectivity index (χ3v) is 5.73. The number of aromatic nitrogens is 1. The fourth-order valence-electron chi connectivity index (χ4n) is 2.41. The lowest BCUT2D eigenvalue weighted by molar-refractivity contribution is 0.388. The summed E-state index contributed by atoms with van der Waals surface area (Å²) in [5.74, 6) is 0.150. The van der Waals surface area contributed by atoms with E-state index in [-0.39, 0.29) is 17.2 Å². The van der Waals surface area contributed by atoms with E-state index < -0.39 is 10.0 Å². The van der Waals surface area contributed by atoms with Crippen molar-refractivity contribution in [3.8, 4) is 5.75 Å². The fourth-order valence-corrected chi connectivity index (χ4v) is 4.33. The number of nitrogens with zero attached hydrogens (tertiary/aromatic N) is 2. The van der Waals surface area contributed by atoms with Gasteiger partial charge in [0.2, 0.25) is 10.0 Å². The lowest BCUT2D eigenvalue weighted by atomic mass is 10.0. The van der Waals surface area contributed by atoms with Crippen molar-refractivity contribution in [2.24, 2.45) is 0 Å². The number of halogens is 1. The summed E-state index contributed by atoms with van der Waals surface area (Å²) >= 11 is 3.24. The van der Waals surface area contributed by atoms with Crippen molar-refractivity contribution in [1.82, 2.24) is 9.29 Å². The molecule has 1 N–H and O–H groups in total. The van der Waals surface area contributed by atoms with Gasteiger partial charge >= 0.3 is 0 Å². The Morgan fingerprint density at radius 2 is 2.00 bits per heavy atom. The molecule has 21 heavy (non-hydrogen) atoms. The second-order valence-corrected chi connectivity index (χ2v) is 7.73. The molecule has 0 radical (unpaired) electrons. The van der Waals surface area contributed by atoms with Gasteiger partial charge in [0.1, 0.15) is 10.6 Å². The van der Waals surface area contributed by atoms with E-state index in [2.05, 4.69) is 20.9 Å². The number of pyridine rings is 1. The first-order valence-corrected chi connectivity index (χ1v) is 8.61. The molecular weight excluding hydrogens is 356 g/mol. The van der Waals surface area contributed by atoms with Gasteiger partial charge in [-0.3, -0.25) is 4.98 Å². The summed E-state index contributed by atoms with van der Waals surface area (Å²) in [5.41, 5.74) is 1.92. The van der Waals surface area contributed by atoms with Crippen molar-refractivity contribution in [1.29, 1.82) is 0 Å². The number of sulfonamides is 1. The van der Waals surface area contributed by atoms with Crippen LogP contribution in [0.2, 0.25) is 0 Å². The number of hydrogen-bond acceptors (Lipinski definition) is 4. The lowest BCUT2D eigenvalue weighted by Crippen LogP contribution is -2.36. The molecule has 1 aromatic heterocycles. The molecule has 0 fully saturated rings. The van der Waals surface area contributed by atoms with Crippen LogP contribution in [-0.2, 0) is 23.0 Å². The van der Waals surface area contributed by atoms with E-state index in [1.165, 1.54) is 10.5 Å². The van der Waals surface area contributed by atoms with Gasteiger partial charge in [0.25, 0.3) is 0 Å². The van der Waals surface area contributed by atoms with Gasteiger partial charge in [-0.05, 0) is 51.7 Å². The Balaban J connectivity index is 1.95. The number of fused-ring (bicyclic) bond motifs is 1.